The minimum atomic E-state index is 0.399. The molecule has 20 heavy (non-hydrogen) atoms. The van der Waals surface area contributed by atoms with Crippen molar-refractivity contribution in [1.29, 1.82) is 5.26 Å². The molecule has 4 heteroatoms. The highest BCUT2D eigenvalue weighted by atomic mass is 16.5. The number of nitrogens with zero attached hydrogens (tertiary/aromatic N) is 3. The molecular weight excluding hydrogens is 250 g/mol. The van der Waals surface area contributed by atoms with E-state index in [4.69, 9.17) is 4.74 Å². The van der Waals surface area contributed by atoms with Crippen molar-refractivity contribution < 1.29 is 4.74 Å². The maximum absolute atomic E-state index is 9.24. The summed E-state index contributed by atoms with van der Waals surface area (Å²) in [5, 5.41) is 10.1. The van der Waals surface area contributed by atoms with Crippen LogP contribution in [0.15, 0.2) is 48.7 Å². The topological polar surface area (TPSA) is 58.8 Å². The van der Waals surface area contributed by atoms with E-state index in [2.05, 4.69) is 16.0 Å². The van der Waals surface area contributed by atoms with Gasteiger partial charge in [-0.3, -0.25) is 4.98 Å². The van der Waals surface area contributed by atoms with E-state index in [0.29, 0.717) is 17.2 Å². The Hall–Kier alpha value is -2.93. The van der Waals surface area contributed by atoms with Gasteiger partial charge in [-0.15, -0.1) is 0 Å². The van der Waals surface area contributed by atoms with E-state index in [9.17, 15) is 5.26 Å². The number of hydrogen-bond donors (Lipinski definition) is 0. The number of hydrogen-bond acceptors (Lipinski definition) is 4. The molecule has 96 valence electrons. The third-order valence-electron chi connectivity index (χ3n) is 2.99. The van der Waals surface area contributed by atoms with Crippen LogP contribution >= 0.6 is 0 Å². The Morgan fingerprint density at radius 2 is 2.00 bits per heavy atom. The first-order chi connectivity index (χ1) is 9.78. The molecule has 4 nitrogen and oxygen atoms in total. The van der Waals surface area contributed by atoms with Gasteiger partial charge >= 0.3 is 0 Å². The fourth-order valence-corrected chi connectivity index (χ4v) is 1.99. The molecule has 0 bridgehead atoms. The van der Waals surface area contributed by atoms with Gasteiger partial charge in [0, 0.05) is 17.6 Å². The summed E-state index contributed by atoms with van der Waals surface area (Å²) in [5.41, 5.74) is 2.07. The van der Waals surface area contributed by atoms with Crippen LogP contribution in [0.2, 0.25) is 0 Å². The molecule has 1 aromatic carbocycles. The number of pyridine rings is 2. The maximum atomic E-state index is 9.24. The van der Waals surface area contributed by atoms with Crippen molar-refractivity contribution in [3.63, 3.8) is 0 Å². The molecule has 0 saturated heterocycles. The highest BCUT2D eigenvalue weighted by Crippen LogP contribution is 2.26. The molecular formula is C16H11N3O. The van der Waals surface area contributed by atoms with E-state index in [1.807, 2.05) is 37.3 Å². The number of aromatic nitrogens is 2. The number of nitriles is 1. The normalized spacial score (nSPS) is 10.2. The third-order valence-corrected chi connectivity index (χ3v) is 2.99. The first-order valence-corrected chi connectivity index (χ1v) is 6.17. The van der Waals surface area contributed by atoms with Crippen molar-refractivity contribution >= 4 is 10.9 Å². The minimum absolute atomic E-state index is 0.399. The molecule has 2 aromatic heterocycles. The van der Waals surface area contributed by atoms with Crippen LogP contribution in [0.4, 0.5) is 0 Å². The molecule has 0 amide bonds. The summed E-state index contributed by atoms with van der Waals surface area (Å²) in [4.78, 5) is 8.58. The first kappa shape index (κ1) is 12.1. The highest BCUT2D eigenvalue weighted by Gasteiger charge is 2.08. The highest BCUT2D eigenvalue weighted by molar-refractivity contribution is 5.85. The minimum Gasteiger partial charge on any atom is -0.437 e. The van der Waals surface area contributed by atoms with Crippen molar-refractivity contribution in [2.45, 2.75) is 6.92 Å². The van der Waals surface area contributed by atoms with E-state index >= 15 is 0 Å². The molecule has 0 atom stereocenters. The molecule has 0 saturated carbocycles. The molecule has 0 aliphatic carbocycles. The number of fused-ring (bicyclic) bond motifs is 1. The van der Waals surface area contributed by atoms with Crippen LogP contribution in [0.25, 0.3) is 10.9 Å². The zero-order valence-corrected chi connectivity index (χ0v) is 10.9. The Labute approximate surface area is 116 Å². The van der Waals surface area contributed by atoms with Crippen LogP contribution < -0.4 is 4.74 Å². The molecule has 2 heterocycles. The van der Waals surface area contributed by atoms with E-state index < -0.39 is 0 Å². The summed E-state index contributed by atoms with van der Waals surface area (Å²) >= 11 is 0. The Morgan fingerprint density at radius 1 is 1.15 bits per heavy atom. The second-order valence-corrected chi connectivity index (χ2v) is 4.33. The van der Waals surface area contributed by atoms with Crippen molar-refractivity contribution in [3.8, 4) is 17.7 Å². The fourth-order valence-electron chi connectivity index (χ4n) is 1.99. The lowest BCUT2D eigenvalue weighted by Crippen LogP contribution is -1.94. The van der Waals surface area contributed by atoms with Crippen molar-refractivity contribution in [2.75, 3.05) is 0 Å². The monoisotopic (exact) mass is 261 g/mol. The Morgan fingerprint density at radius 3 is 2.80 bits per heavy atom. The van der Waals surface area contributed by atoms with Crippen molar-refractivity contribution in [3.05, 3.63) is 59.9 Å². The molecule has 3 rings (SSSR count). The zero-order valence-electron chi connectivity index (χ0n) is 10.9. The van der Waals surface area contributed by atoms with E-state index in [-0.39, 0.29) is 0 Å². The van der Waals surface area contributed by atoms with Gasteiger partial charge in [0.25, 0.3) is 0 Å². The summed E-state index contributed by atoms with van der Waals surface area (Å²) < 4.78 is 5.74. The lowest BCUT2D eigenvalue weighted by molar-refractivity contribution is 0.458. The van der Waals surface area contributed by atoms with Gasteiger partial charge in [0.05, 0.1) is 16.8 Å². The van der Waals surface area contributed by atoms with Gasteiger partial charge in [0.2, 0.25) is 5.88 Å². The average Bonchev–Trinajstić information content (AvgIpc) is 2.49. The third kappa shape index (κ3) is 2.17. The standard InChI is InChI=1S/C16H11N3O/c1-11-15(7-4-8-18-11)20-16-9-12(10-17)13-5-2-3-6-14(13)19-16/h2-9H,1H3. The molecule has 0 spiro atoms. The summed E-state index contributed by atoms with van der Waals surface area (Å²) in [6, 6.07) is 15.0. The number of aryl methyl sites for hydroxylation is 1. The second kappa shape index (κ2) is 4.98. The second-order valence-electron chi connectivity index (χ2n) is 4.33. The zero-order chi connectivity index (χ0) is 13.9. The fraction of sp³-hybridized carbons (Fsp3) is 0.0625. The van der Waals surface area contributed by atoms with Crippen LogP contribution in [-0.2, 0) is 0 Å². The van der Waals surface area contributed by atoms with Crippen LogP contribution in [0, 0.1) is 18.3 Å². The molecule has 0 aliphatic heterocycles. The largest absolute Gasteiger partial charge is 0.437 e. The summed E-state index contributed by atoms with van der Waals surface area (Å²) in [6.45, 7) is 1.86. The van der Waals surface area contributed by atoms with Crippen LogP contribution in [-0.4, -0.2) is 9.97 Å². The number of para-hydroxylation sites is 1. The molecule has 0 unspecified atom stereocenters. The van der Waals surface area contributed by atoms with Gasteiger partial charge in [-0.2, -0.15) is 5.26 Å². The van der Waals surface area contributed by atoms with Crippen molar-refractivity contribution in [2.24, 2.45) is 0 Å². The molecule has 0 fully saturated rings. The van der Waals surface area contributed by atoms with Gasteiger partial charge in [-0.05, 0) is 25.1 Å². The number of ether oxygens (including phenoxy) is 1. The van der Waals surface area contributed by atoms with Crippen LogP contribution in [0.3, 0.4) is 0 Å². The predicted octanol–water partition coefficient (Wildman–Crippen LogP) is 3.60. The number of rotatable bonds is 2. The van der Waals surface area contributed by atoms with Gasteiger partial charge in [-0.25, -0.2) is 4.98 Å². The first-order valence-electron chi connectivity index (χ1n) is 6.17. The van der Waals surface area contributed by atoms with Gasteiger partial charge < -0.3 is 4.74 Å². The molecule has 3 aromatic rings. The molecule has 0 radical (unpaired) electrons. The van der Waals surface area contributed by atoms with Crippen LogP contribution in [0.1, 0.15) is 11.3 Å². The van der Waals surface area contributed by atoms with Crippen LogP contribution in [0.5, 0.6) is 11.6 Å². The van der Waals surface area contributed by atoms with Gasteiger partial charge in [-0.1, -0.05) is 18.2 Å². The molecule has 0 N–H and O–H groups in total. The van der Waals surface area contributed by atoms with Crippen molar-refractivity contribution in [1.82, 2.24) is 9.97 Å². The maximum Gasteiger partial charge on any atom is 0.221 e. The van der Waals surface area contributed by atoms with E-state index in [1.165, 1.54) is 0 Å². The lowest BCUT2D eigenvalue weighted by Gasteiger charge is -2.08. The SMILES string of the molecule is Cc1ncccc1Oc1cc(C#N)c2ccccc2n1. The lowest BCUT2D eigenvalue weighted by atomic mass is 10.1. The predicted molar refractivity (Wildman–Crippen MR) is 75.5 cm³/mol. The Kier molecular flexibility index (Phi) is 3.02. The average molecular weight is 261 g/mol. The van der Waals surface area contributed by atoms with Gasteiger partial charge in [0.1, 0.15) is 6.07 Å². The quantitative estimate of drug-likeness (QED) is 0.707. The summed E-state index contributed by atoms with van der Waals surface area (Å²) in [5.74, 6) is 1.04. The van der Waals surface area contributed by atoms with Gasteiger partial charge in [0.15, 0.2) is 5.75 Å². The van der Waals surface area contributed by atoms with E-state index in [0.717, 1.165) is 16.6 Å². The summed E-state index contributed by atoms with van der Waals surface area (Å²) in [6.07, 6.45) is 1.71. The summed E-state index contributed by atoms with van der Waals surface area (Å²) in [7, 11) is 0. The number of benzene rings is 1. The Bertz CT molecular complexity index is 821. The smallest absolute Gasteiger partial charge is 0.221 e. The molecule has 0 aliphatic rings. The Balaban J connectivity index is 2.09. The van der Waals surface area contributed by atoms with E-state index in [1.54, 1.807) is 18.3 Å².